The molecular weight excluding hydrogens is 354 g/mol. The fourth-order valence-electron chi connectivity index (χ4n) is 2.15. The van der Waals surface area contributed by atoms with E-state index in [0.29, 0.717) is 19.6 Å². The van der Waals surface area contributed by atoms with Gasteiger partial charge in [0, 0.05) is 6.54 Å². The number of halogens is 1. The van der Waals surface area contributed by atoms with Crippen LogP contribution >= 0.6 is 12.4 Å². The van der Waals surface area contributed by atoms with Crippen molar-refractivity contribution in [2.45, 2.75) is 13.0 Å². The van der Waals surface area contributed by atoms with Crippen molar-refractivity contribution in [3.8, 4) is 5.75 Å². The number of hydrogen-bond acceptors (Lipinski definition) is 4. The fourth-order valence-corrected chi connectivity index (χ4v) is 2.15. The number of nitrogens with two attached hydrogens (primary N) is 1. The summed E-state index contributed by atoms with van der Waals surface area (Å²) in [5.41, 5.74) is 7.36. The van der Waals surface area contributed by atoms with Crippen LogP contribution in [0.25, 0.3) is 0 Å². The summed E-state index contributed by atoms with van der Waals surface area (Å²) in [6.45, 7) is 0.862. The minimum Gasteiger partial charge on any atom is -0.489 e. The van der Waals surface area contributed by atoms with E-state index in [4.69, 9.17) is 10.5 Å². The molecule has 2 rings (SSSR count). The number of benzene rings is 2. The number of nitrogens with one attached hydrogen (secondary N) is 2. The van der Waals surface area contributed by atoms with E-state index in [-0.39, 0.29) is 37.3 Å². The maximum Gasteiger partial charge on any atom is 0.239 e. The molecule has 0 heterocycles. The predicted octanol–water partition coefficient (Wildman–Crippen LogP) is 1.42. The summed E-state index contributed by atoms with van der Waals surface area (Å²) < 4.78 is 5.73. The third-order valence-corrected chi connectivity index (χ3v) is 3.54. The molecular formula is C19H24ClN3O3. The SMILES string of the molecule is Cl.NCC(=O)NCC(=O)NCCc1ccc(OCc2ccccc2)cc1. The summed E-state index contributed by atoms with van der Waals surface area (Å²) in [6, 6.07) is 17.8. The number of amides is 2. The van der Waals surface area contributed by atoms with Crippen molar-refractivity contribution < 1.29 is 14.3 Å². The normalized spacial score (nSPS) is 9.73. The van der Waals surface area contributed by atoms with Crippen LogP contribution in [0, 0.1) is 0 Å². The summed E-state index contributed by atoms with van der Waals surface area (Å²) in [5, 5.41) is 5.17. The highest BCUT2D eigenvalue weighted by molar-refractivity contribution is 5.85. The molecule has 2 aromatic carbocycles. The van der Waals surface area contributed by atoms with E-state index in [2.05, 4.69) is 10.6 Å². The van der Waals surface area contributed by atoms with Crippen LogP contribution in [0.1, 0.15) is 11.1 Å². The lowest BCUT2D eigenvalue weighted by Gasteiger charge is -2.08. The average molecular weight is 378 g/mol. The Labute approximate surface area is 159 Å². The van der Waals surface area contributed by atoms with E-state index < -0.39 is 0 Å². The molecule has 2 amide bonds. The second kappa shape index (κ2) is 11.9. The van der Waals surface area contributed by atoms with Gasteiger partial charge in [-0.05, 0) is 29.7 Å². The molecule has 0 saturated heterocycles. The average Bonchev–Trinajstić information content (AvgIpc) is 2.66. The van der Waals surface area contributed by atoms with Crippen LogP contribution in [-0.2, 0) is 22.6 Å². The first-order valence-electron chi connectivity index (χ1n) is 8.16. The first kappa shape index (κ1) is 21.5. The number of ether oxygens (including phenoxy) is 1. The lowest BCUT2D eigenvalue weighted by atomic mass is 10.1. The first-order chi connectivity index (χ1) is 12.2. The molecule has 0 unspecified atom stereocenters. The third-order valence-electron chi connectivity index (χ3n) is 3.54. The van der Waals surface area contributed by atoms with E-state index in [0.717, 1.165) is 16.9 Å². The number of carbonyl (C=O) groups is 2. The highest BCUT2D eigenvalue weighted by Crippen LogP contribution is 2.14. The minimum atomic E-state index is -0.346. The van der Waals surface area contributed by atoms with Crippen molar-refractivity contribution in [2.24, 2.45) is 5.73 Å². The molecule has 0 spiro atoms. The smallest absolute Gasteiger partial charge is 0.239 e. The van der Waals surface area contributed by atoms with E-state index in [9.17, 15) is 9.59 Å². The van der Waals surface area contributed by atoms with Gasteiger partial charge in [-0.1, -0.05) is 42.5 Å². The van der Waals surface area contributed by atoms with Gasteiger partial charge in [-0.3, -0.25) is 9.59 Å². The molecule has 7 heteroatoms. The van der Waals surface area contributed by atoms with Crippen molar-refractivity contribution in [3.05, 3.63) is 65.7 Å². The second-order valence-corrected chi connectivity index (χ2v) is 5.50. The lowest BCUT2D eigenvalue weighted by Crippen LogP contribution is -2.40. The highest BCUT2D eigenvalue weighted by Gasteiger charge is 2.03. The quantitative estimate of drug-likeness (QED) is 0.616. The summed E-state index contributed by atoms with van der Waals surface area (Å²) in [5.74, 6) is 0.229. The number of hydrogen-bond donors (Lipinski definition) is 3. The van der Waals surface area contributed by atoms with Crippen LogP contribution < -0.4 is 21.1 Å². The molecule has 26 heavy (non-hydrogen) atoms. The van der Waals surface area contributed by atoms with Crippen LogP contribution in [0.4, 0.5) is 0 Å². The van der Waals surface area contributed by atoms with Crippen LogP contribution in [0.15, 0.2) is 54.6 Å². The van der Waals surface area contributed by atoms with Crippen molar-refractivity contribution >= 4 is 24.2 Å². The molecule has 140 valence electrons. The van der Waals surface area contributed by atoms with E-state index in [1.54, 1.807) is 0 Å². The van der Waals surface area contributed by atoms with Gasteiger partial charge in [-0.2, -0.15) is 0 Å². The van der Waals surface area contributed by atoms with Crippen molar-refractivity contribution in [3.63, 3.8) is 0 Å². The molecule has 0 aliphatic rings. The molecule has 0 atom stereocenters. The zero-order valence-corrected chi connectivity index (χ0v) is 15.3. The van der Waals surface area contributed by atoms with E-state index in [1.807, 2.05) is 54.6 Å². The molecule has 0 aliphatic carbocycles. The van der Waals surface area contributed by atoms with Gasteiger partial charge in [0.05, 0.1) is 13.1 Å². The van der Waals surface area contributed by atoms with Crippen LogP contribution in [0.5, 0.6) is 5.75 Å². The third kappa shape index (κ3) is 8.00. The topological polar surface area (TPSA) is 93.5 Å². The molecule has 0 aromatic heterocycles. The molecule has 0 bridgehead atoms. The van der Waals surface area contributed by atoms with Gasteiger partial charge in [0.15, 0.2) is 0 Å². The standard InChI is InChI=1S/C19H23N3O3.ClH/c20-12-18(23)22-13-19(24)21-11-10-15-6-8-17(9-7-15)25-14-16-4-2-1-3-5-16;/h1-9H,10-14,20H2,(H,21,24)(H,22,23);1H. The van der Waals surface area contributed by atoms with Gasteiger partial charge in [-0.25, -0.2) is 0 Å². The largest absolute Gasteiger partial charge is 0.489 e. The molecule has 0 saturated carbocycles. The highest BCUT2D eigenvalue weighted by atomic mass is 35.5. The van der Waals surface area contributed by atoms with E-state index in [1.165, 1.54) is 0 Å². The Morgan fingerprint density at radius 2 is 1.58 bits per heavy atom. The van der Waals surface area contributed by atoms with Gasteiger partial charge in [0.2, 0.25) is 11.8 Å². The zero-order chi connectivity index (χ0) is 17.9. The Balaban J connectivity index is 0.00000338. The monoisotopic (exact) mass is 377 g/mol. The molecule has 2 aromatic rings. The van der Waals surface area contributed by atoms with Gasteiger partial charge in [0.25, 0.3) is 0 Å². The van der Waals surface area contributed by atoms with Gasteiger partial charge < -0.3 is 21.1 Å². The molecule has 0 fully saturated rings. The predicted molar refractivity (Wildman–Crippen MR) is 103 cm³/mol. The zero-order valence-electron chi connectivity index (χ0n) is 14.4. The van der Waals surface area contributed by atoms with Crippen molar-refractivity contribution in [1.82, 2.24) is 10.6 Å². The van der Waals surface area contributed by atoms with Gasteiger partial charge in [0.1, 0.15) is 12.4 Å². The molecule has 0 aliphatic heterocycles. The van der Waals surface area contributed by atoms with Crippen LogP contribution in [0.3, 0.4) is 0 Å². The molecule has 6 nitrogen and oxygen atoms in total. The maximum absolute atomic E-state index is 11.5. The first-order valence-corrected chi connectivity index (χ1v) is 8.16. The van der Waals surface area contributed by atoms with E-state index >= 15 is 0 Å². The number of carbonyl (C=O) groups excluding carboxylic acids is 2. The Kier molecular flexibility index (Phi) is 9.82. The van der Waals surface area contributed by atoms with Crippen LogP contribution in [0.2, 0.25) is 0 Å². The lowest BCUT2D eigenvalue weighted by molar-refractivity contribution is -0.125. The number of rotatable bonds is 9. The maximum atomic E-state index is 11.5. The fraction of sp³-hybridized carbons (Fsp3) is 0.263. The summed E-state index contributed by atoms with van der Waals surface area (Å²) in [4.78, 5) is 22.5. The Morgan fingerprint density at radius 1 is 0.885 bits per heavy atom. The van der Waals surface area contributed by atoms with Gasteiger partial charge in [-0.15, -0.1) is 12.4 Å². The minimum absolute atomic E-state index is 0. The van der Waals surface area contributed by atoms with Crippen molar-refractivity contribution in [1.29, 1.82) is 0 Å². The Morgan fingerprint density at radius 3 is 2.23 bits per heavy atom. The summed E-state index contributed by atoms with van der Waals surface area (Å²) >= 11 is 0. The Bertz CT molecular complexity index is 678. The molecule has 0 radical (unpaired) electrons. The van der Waals surface area contributed by atoms with Crippen molar-refractivity contribution in [2.75, 3.05) is 19.6 Å². The van der Waals surface area contributed by atoms with Gasteiger partial charge >= 0.3 is 0 Å². The molecule has 4 N–H and O–H groups in total. The summed E-state index contributed by atoms with van der Waals surface area (Å²) in [7, 11) is 0. The van der Waals surface area contributed by atoms with Crippen LogP contribution in [-0.4, -0.2) is 31.4 Å². The Hall–Kier alpha value is -2.57. The second-order valence-electron chi connectivity index (χ2n) is 5.50. The summed E-state index contributed by atoms with van der Waals surface area (Å²) in [6.07, 6.45) is 0.704.